The van der Waals surface area contributed by atoms with Crippen LogP contribution in [0.25, 0.3) is 0 Å². The van der Waals surface area contributed by atoms with Crippen LogP contribution in [0.3, 0.4) is 0 Å². The first-order chi connectivity index (χ1) is 9.63. The van der Waals surface area contributed by atoms with Gasteiger partial charge in [0.25, 0.3) is 0 Å². The van der Waals surface area contributed by atoms with Crippen LogP contribution in [0.2, 0.25) is 0 Å². The normalized spacial score (nSPS) is 10.2. The van der Waals surface area contributed by atoms with Crippen LogP contribution in [0.15, 0.2) is 42.5 Å². The van der Waals surface area contributed by atoms with E-state index in [0.29, 0.717) is 11.4 Å². The van der Waals surface area contributed by atoms with Gasteiger partial charge in [-0.2, -0.15) is 0 Å². The molecule has 2 rings (SSSR count). The summed E-state index contributed by atoms with van der Waals surface area (Å²) in [6.45, 7) is 2.11. The number of hydrogen-bond acceptors (Lipinski definition) is 3. The van der Waals surface area contributed by atoms with Gasteiger partial charge in [-0.15, -0.1) is 0 Å². The number of carboxylic acids is 1. The molecule has 0 unspecified atom stereocenters. The van der Waals surface area contributed by atoms with Crippen molar-refractivity contribution < 1.29 is 9.90 Å². The van der Waals surface area contributed by atoms with E-state index in [1.165, 1.54) is 0 Å². The Morgan fingerprint density at radius 1 is 1.20 bits per heavy atom. The predicted molar refractivity (Wildman–Crippen MR) is 81.5 cm³/mol. The van der Waals surface area contributed by atoms with Crippen molar-refractivity contribution in [3.8, 4) is 0 Å². The zero-order chi connectivity index (χ0) is 14.5. The molecule has 2 aromatic carbocycles. The second kappa shape index (κ2) is 6.10. The second-order valence-electron chi connectivity index (χ2n) is 4.61. The molecule has 20 heavy (non-hydrogen) atoms. The van der Waals surface area contributed by atoms with Gasteiger partial charge in [0, 0.05) is 5.69 Å². The minimum absolute atomic E-state index is 0.177. The first kappa shape index (κ1) is 13.9. The van der Waals surface area contributed by atoms with Crippen molar-refractivity contribution in [3.63, 3.8) is 0 Å². The van der Waals surface area contributed by atoms with Crippen LogP contribution < -0.4 is 11.1 Å². The molecule has 104 valence electrons. The molecule has 0 aliphatic rings. The average Bonchev–Trinajstić information content (AvgIpc) is 2.43. The van der Waals surface area contributed by atoms with E-state index in [9.17, 15) is 9.90 Å². The van der Waals surface area contributed by atoms with Crippen LogP contribution in [-0.2, 0) is 6.42 Å². The fraction of sp³-hybridized carbons (Fsp3) is 0.188. The molecule has 0 radical (unpaired) electrons. The van der Waals surface area contributed by atoms with E-state index < -0.39 is 5.97 Å². The maximum atomic E-state index is 11.3. The third kappa shape index (κ3) is 2.91. The molecule has 0 saturated heterocycles. The number of rotatable bonds is 5. The lowest BCUT2D eigenvalue weighted by Gasteiger charge is -2.15. The van der Waals surface area contributed by atoms with Crippen LogP contribution in [0.4, 0.5) is 17.1 Å². The highest BCUT2D eigenvalue weighted by molar-refractivity contribution is 5.98. The van der Waals surface area contributed by atoms with Crippen LogP contribution >= 0.6 is 0 Å². The monoisotopic (exact) mass is 270 g/mol. The maximum Gasteiger partial charge on any atom is 0.337 e. The Balaban J connectivity index is 2.42. The van der Waals surface area contributed by atoms with Crippen molar-refractivity contribution >= 4 is 23.0 Å². The van der Waals surface area contributed by atoms with Crippen molar-refractivity contribution in [3.05, 3.63) is 53.6 Å². The summed E-state index contributed by atoms with van der Waals surface area (Å²) in [6, 6.07) is 12.7. The largest absolute Gasteiger partial charge is 0.478 e. The fourth-order valence-electron chi connectivity index (χ4n) is 2.15. The molecule has 0 spiro atoms. The van der Waals surface area contributed by atoms with Crippen molar-refractivity contribution in [2.45, 2.75) is 19.8 Å². The lowest BCUT2D eigenvalue weighted by atomic mass is 10.1. The molecule has 0 heterocycles. The van der Waals surface area contributed by atoms with Crippen LogP contribution in [-0.4, -0.2) is 11.1 Å². The molecule has 0 aliphatic carbocycles. The third-order valence-corrected chi connectivity index (χ3v) is 3.12. The molecule has 4 N–H and O–H groups in total. The number of benzene rings is 2. The van der Waals surface area contributed by atoms with E-state index in [2.05, 4.69) is 12.2 Å². The van der Waals surface area contributed by atoms with E-state index in [0.717, 1.165) is 24.1 Å². The minimum Gasteiger partial charge on any atom is -0.478 e. The number of aryl methyl sites for hydroxylation is 1. The molecule has 4 nitrogen and oxygen atoms in total. The summed E-state index contributed by atoms with van der Waals surface area (Å²) in [4.78, 5) is 11.3. The predicted octanol–water partition coefficient (Wildman–Crippen LogP) is 3.66. The topological polar surface area (TPSA) is 75.3 Å². The molecule has 0 aliphatic heterocycles. The highest BCUT2D eigenvalue weighted by Gasteiger charge is 2.13. The first-order valence-electron chi connectivity index (χ1n) is 6.60. The zero-order valence-corrected chi connectivity index (χ0v) is 11.4. The highest BCUT2D eigenvalue weighted by atomic mass is 16.4. The van der Waals surface area contributed by atoms with E-state index in [-0.39, 0.29) is 5.56 Å². The summed E-state index contributed by atoms with van der Waals surface area (Å²) < 4.78 is 0. The van der Waals surface area contributed by atoms with E-state index in [4.69, 9.17) is 5.73 Å². The minimum atomic E-state index is -0.993. The van der Waals surface area contributed by atoms with Gasteiger partial charge in [0.1, 0.15) is 0 Å². The molecule has 0 fully saturated rings. The molecule has 0 aromatic heterocycles. The molecular formula is C16H18N2O2. The molecule has 0 amide bonds. The Morgan fingerprint density at radius 3 is 2.65 bits per heavy atom. The number of carbonyl (C=O) groups is 1. The summed E-state index contributed by atoms with van der Waals surface area (Å²) in [7, 11) is 0. The van der Waals surface area contributed by atoms with Gasteiger partial charge in [0.05, 0.1) is 16.9 Å². The number of anilines is 3. The summed E-state index contributed by atoms with van der Waals surface area (Å²) in [6.07, 6.45) is 1.95. The van der Waals surface area contributed by atoms with Gasteiger partial charge in [0.2, 0.25) is 0 Å². The van der Waals surface area contributed by atoms with Gasteiger partial charge < -0.3 is 16.2 Å². The Bertz CT molecular complexity index is 624. The SMILES string of the molecule is CCCc1ccccc1Nc1c(N)cccc1C(=O)O. The number of para-hydroxylation sites is 2. The Hall–Kier alpha value is -2.49. The number of hydrogen-bond donors (Lipinski definition) is 3. The lowest BCUT2D eigenvalue weighted by molar-refractivity contribution is 0.0698. The number of nitrogens with two attached hydrogens (primary N) is 1. The zero-order valence-electron chi connectivity index (χ0n) is 11.4. The molecule has 4 heteroatoms. The fourth-order valence-corrected chi connectivity index (χ4v) is 2.15. The van der Waals surface area contributed by atoms with Gasteiger partial charge in [-0.25, -0.2) is 4.79 Å². The van der Waals surface area contributed by atoms with Crippen molar-refractivity contribution in [2.24, 2.45) is 0 Å². The van der Waals surface area contributed by atoms with Crippen LogP contribution in [0, 0.1) is 0 Å². The first-order valence-corrected chi connectivity index (χ1v) is 6.60. The average molecular weight is 270 g/mol. The number of nitrogens with one attached hydrogen (secondary N) is 1. The smallest absolute Gasteiger partial charge is 0.337 e. The van der Waals surface area contributed by atoms with Crippen LogP contribution in [0.5, 0.6) is 0 Å². The van der Waals surface area contributed by atoms with Gasteiger partial charge in [-0.3, -0.25) is 0 Å². The third-order valence-electron chi connectivity index (χ3n) is 3.12. The summed E-state index contributed by atoms with van der Waals surface area (Å²) in [5.74, 6) is -0.993. The number of carboxylic acid groups (broad SMARTS) is 1. The van der Waals surface area contributed by atoms with Crippen molar-refractivity contribution in [1.29, 1.82) is 0 Å². The quantitative estimate of drug-likeness (QED) is 0.725. The number of nitrogen functional groups attached to an aromatic ring is 1. The Labute approximate surface area is 118 Å². The number of aromatic carboxylic acids is 1. The Morgan fingerprint density at radius 2 is 1.95 bits per heavy atom. The molecule has 2 aromatic rings. The maximum absolute atomic E-state index is 11.3. The summed E-state index contributed by atoms with van der Waals surface area (Å²) in [5.41, 5.74) is 9.00. The van der Waals surface area contributed by atoms with Gasteiger partial charge in [-0.05, 0) is 30.2 Å². The standard InChI is InChI=1S/C16H18N2O2/c1-2-6-11-7-3-4-10-14(11)18-15-12(16(19)20)8-5-9-13(15)17/h3-5,7-10,18H,2,6,17H2,1H3,(H,19,20). The highest BCUT2D eigenvalue weighted by Crippen LogP contribution is 2.29. The van der Waals surface area contributed by atoms with Crippen molar-refractivity contribution in [1.82, 2.24) is 0 Å². The van der Waals surface area contributed by atoms with E-state index in [1.807, 2.05) is 24.3 Å². The van der Waals surface area contributed by atoms with Gasteiger partial charge >= 0.3 is 5.97 Å². The van der Waals surface area contributed by atoms with Crippen molar-refractivity contribution in [2.75, 3.05) is 11.1 Å². The van der Waals surface area contributed by atoms with Gasteiger partial charge in [0.15, 0.2) is 0 Å². The Kier molecular flexibility index (Phi) is 4.25. The van der Waals surface area contributed by atoms with Gasteiger partial charge in [-0.1, -0.05) is 37.6 Å². The summed E-state index contributed by atoms with van der Waals surface area (Å²) >= 11 is 0. The molecule has 0 bridgehead atoms. The molecule has 0 saturated carbocycles. The summed E-state index contributed by atoms with van der Waals surface area (Å²) in [5, 5.41) is 12.4. The van der Waals surface area contributed by atoms with E-state index in [1.54, 1.807) is 18.2 Å². The van der Waals surface area contributed by atoms with Crippen LogP contribution in [0.1, 0.15) is 29.3 Å². The lowest BCUT2D eigenvalue weighted by Crippen LogP contribution is -2.06. The second-order valence-corrected chi connectivity index (χ2v) is 4.61. The molecule has 0 atom stereocenters. The molecular weight excluding hydrogens is 252 g/mol. The van der Waals surface area contributed by atoms with E-state index >= 15 is 0 Å².